The highest BCUT2D eigenvalue weighted by molar-refractivity contribution is 6.29. The zero-order valence-electron chi connectivity index (χ0n) is 14.3. The Hall–Kier alpha value is -1.33. The van der Waals surface area contributed by atoms with Crippen LogP contribution in [-0.4, -0.2) is 40.7 Å². The van der Waals surface area contributed by atoms with E-state index in [4.69, 9.17) is 16.3 Å². The molecule has 0 aromatic carbocycles. The van der Waals surface area contributed by atoms with Crippen LogP contribution in [0.3, 0.4) is 0 Å². The molecule has 2 rings (SSSR count). The summed E-state index contributed by atoms with van der Waals surface area (Å²) >= 11 is 5.93. The molecule has 0 aliphatic carbocycles. The van der Waals surface area contributed by atoms with E-state index in [1.165, 1.54) is 0 Å². The van der Waals surface area contributed by atoms with Gasteiger partial charge in [-0.1, -0.05) is 18.5 Å². The second-order valence-corrected chi connectivity index (χ2v) is 7.63. The van der Waals surface area contributed by atoms with Crippen molar-refractivity contribution in [2.24, 2.45) is 5.92 Å². The first-order valence-corrected chi connectivity index (χ1v) is 8.43. The topological polar surface area (TPSA) is 54.5 Å². The van der Waals surface area contributed by atoms with Crippen LogP contribution in [-0.2, 0) is 11.3 Å². The third-order valence-corrected chi connectivity index (χ3v) is 4.10. The summed E-state index contributed by atoms with van der Waals surface area (Å²) in [7, 11) is 0. The van der Waals surface area contributed by atoms with Crippen LogP contribution in [0.15, 0.2) is 18.3 Å². The molecule has 0 saturated carbocycles. The van der Waals surface area contributed by atoms with E-state index in [2.05, 4.69) is 22.1 Å². The molecule has 1 aromatic rings. The van der Waals surface area contributed by atoms with E-state index >= 15 is 0 Å². The number of hydrogen-bond acceptors (Lipinski definition) is 4. The molecule has 2 atom stereocenters. The van der Waals surface area contributed by atoms with E-state index in [9.17, 15) is 4.79 Å². The number of rotatable bonds is 3. The van der Waals surface area contributed by atoms with Crippen molar-refractivity contribution in [2.75, 3.05) is 13.1 Å². The Morgan fingerprint density at radius 3 is 2.87 bits per heavy atom. The van der Waals surface area contributed by atoms with Crippen LogP contribution in [0.1, 0.15) is 39.7 Å². The minimum atomic E-state index is -0.464. The van der Waals surface area contributed by atoms with Crippen molar-refractivity contribution in [2.45, 2.75) is 52.3 Å². The fourth-order valence-corrected chi connectivity index (χ4v) is 3.04. The highest BCUT2D eigenvalue weighted by Gasteiger charge is 2.28. The lowest BCUT2D eigenvalue weighted by Gasteiger charge is -2.37. The normalized spacial score (nSPS) is 22.7. The lowest BCUT2D eigenvalue weighted by molar-refractivity contribution is 0.0439. The summed E-state index contributed by atoms with van der Waals surface area (Å²) in [5.41, 5.74) is 0.699. The summed E-state index contributed by atoms with van der Waals surface area (Å²) in [4.78, 5) is 18.3. The third kappa shape index (κ3) is 5.99. The average Bonchev–Trinajstić information content (AvgIpc) is 2.40. The van der Waals surface area contributed by atoms with Gasteiger partial charge in [0.1, 0.15) is 10.8 Å². The molecule has 0 spiro atoms. The van der Waals surface area contributed by atoms with E-state index in [1.807, 2.05) is 32.9 Å². The number of pyridine rings is 1. The average molecular weight is 340 g/mol. The molecular formula is C17H26ClN3O2. The summed E-state index contributed by atoms with van der Waals surface area (Å²) in [6, 6.07) is 4.04. The molecule has 6 heteroatoms. The summed E-state index contributed by atoms with van der Waals surface area (Å²) < 4.78 is 5.34. The van der Waals surface area contributed by atoms with Gasteiger partial charge in [-0.2, -0.15) is 0 Å². The predicted molar refractivity (Wildman–Crippen MR) is 91.5 cm³/mol. The van der Waals surface area contributed by atoms with Crippen LogP contribution in [0.2, 0.25) is 5.15 Å². The van der Waals surface area contributed by atoms with Crippen LogP contribution < -0.4 is 5.32 Å². The second kappa shape index (κ2) is 7.49. The number of alkyl carbamates (subject to hydrolysis) is 1. The molecule has 0 unspecified atom stereocenters. The Labute approximate surface area is 143 Å². The van der Waals surface area contributed by atoms with Gasteiger partial charge in [0.25, 0.3) is 0 Å². The Morgan fingerprint density at radius 1 is 1.52 bits per heavy atom. The summed E-state index contributed by atoms with van der Waals surface area (Å²) in [5.74, 6) is 0.369. The quantitative estimate of drug-likeness (QED) is 0.857. The first-order valence-electron chi connectivity index (χ1n) is 8.05. The minimum absolute atomic E-state index is 0.155. The highest BCUT2D eigenvalue weighted by Crippen LogP contribution is 2.20. The van der Waals surface area contributed by atoms with E-state index in [0.29, 0.717) is 11.1 Å². The van der Waals surface area contributed by atoms with Gasteiger partial charge in [0, 0.05) is 31.9 Å². The molecule has 2 heterocycles. The minimum Gasteiger partial charge on any atom is -0.444 e. The van der Waals surface area contributed by atoms with Gasteiger partial charge in [0.15, 0.2) is 0 Å². The van der Waals surface area contributed by atoms with E-state index in [0.717, 1.165) is 31.6 Å². The van der Waals surface area contributed by atoms with E-state index in [1.54, 1.807) is 6.20 Å². The molecule has 1 N–H and O–H groups in total. The summed E-state index contributed by atoms with van der Waals surface area (Å²) in [6.07, 6.45) is 2.32. The van der Waals surface area contributed by atoms with Crippen molar-refractivity contribution in [3.8, 4) is 0 Å². The Kier molecular flexibility index (Phi) is 5.87. The van der Waals surface area contributed by atoms with Gasteiger partial charge < -0.3 is 10.1 Å². The number of nitrogens with zero attached hydrogens (tertiary/aromatic N) is 2. The van der Waals surface area contributed by atoms with Gasteiger partial charge in [-0.25, -0.2) is 9.78 Å². The SMILES string of the molecule is C[C@@H]1CN(Cc2ccnc(Cl)c2)CC[C@@H]1NC(=O)OC(C)(C)C. The number of halogens is 1. The van der Waals surface area contributed by atoms with Crippen LogP contribution >= 0.6 is 11.6 Å². The summed E-state index contributed by atoms with van der Waals surface area (Å²) in [6.45, 7) is 10.5. The van der Waals surface area contributed by atoms with Gasteiger partial charge in [-0.15, -0.1) is 0 Å². The standard InChI is InChI=1S/C17H26ClN3O2/c1-12-10-21(11-13-5-7-19-15(18)9-13)8-6-14(12)20-16(22)23-17(2,3)4/h5,7,9,12,14H,6,8,10-11H2,1-4H3,(H,20,22)/t12-,14+/m1/s1. The number of hydrogen-bond donors (Lipinski definition) is 1. The lowest BCUT2D eigenvalue weighted by atomic mass is 9.93. The highest BCUT2D eigenvalue weighted by atomic mass is 35.5. The number of carbonyl (C=O) groups is 1. The molecule has 0 bridgehead atoms. The van der Waals surface area contributed by atoms with Gasteiger partial charge in [0.05, 0.1) is 0 Å². The number of ether oxygens (including phenoxy) is 1. The maximum Gasteiger partial charge on any atom is 0.407 e. The number of amides is 1. The number of carbonyl (C=O) groups excluding carboxylic acids is 1. The molecule has 0 radical (unpaired) electrons. The predicted octanol–water partition coefficient (Wildman–Crippen LogP) is 3.47. The molecule has 128 valence electrons. The van der Waals surface area contributed by atoms with Gasteiger partial charge in [-0.3, -0.25) is 4.90 Å². The van der Waals surface area contributed by atoms with Crippen LogP contribution in [0.4, 0.5) is 4.79 Å². The van der Waals surface area contributed by atoms with E-state index < -0.39 is 5.60 Å². The van der Waals surface area contributed by atoms with Crippen molar-refractivity contribution in [1.82, 2.24) is 15.2 Å². The van der Waals surface area contributed by atoms with Gasteiger partial charge >= 0.3 is 6.09 Å². The monoisotopic (exact) mass is 339 g/mol. The molecular weight excluding hydrogens is 314 g/mol. The molecule has 5 nitrogen and oxygen atoms in total. The second-order valence-electron chi connectivity index (χ2n) is 7.24. The van der Waals surface area contributed by atoms with Crippen molar-refractivity contribution in [1.29, 1.82) is 0 Å². The Morgan fingerprint density at radius 2 is 2.26 bits per heavy atom. The van der Waals surface area contributed by atoms with Crippen molar-refractivity contribution in [3.05, 3.63) is 29.0 Å². The Balaban J connectivity index is 1.84. The zero-order valence-corrected chi connectivity index (χ0v) is 15.1. The van der Waals surface area contributed by atoms with Crippen molar-refractivity contribution >= 4 is 17.7 Å². The molecule has 1 aliphatic rings. The maximum absolute atomic E-state index is 11.9. The maximum atomic E-state index is 11.9. The number of aromatic nitrogens is 1. The zero-order chi connectivity index (χ0) is 17.0. The molecule has 1 amide bonds. The smallest absolute Gasteiger partial charge is 0.407 e. The molecule has 1 aromatic heterocycles. The van der Waals surface area contributed by atoms with Crippen molar-refractivity contribution in [3.63, 3.8) is 0 Å². The largest absolute Gasteiger partial charge is 0.444 e. The molecule has 1 fully saturated rings. The van der Waals surface area contributed by atoms with E-state index in [-0.39, 0.29) is 12.1 Å². The van der Waals surface area contributed by atoms with Crippen LogP contribution in [0.25, 0.3) is 0 Å². The van der Waals surface area contributed by atoms with Crippen molar-refractivity contribution < 1.29 is 9.53 Å². The summed E-state index contributed by atoms with van der Waals surface area (Å²) in [5, 5.41) is 3.52. The third-order valence-electron chi connectivity index (χ3n) is 3.89. The molecule has 23 heavy (non-hydrogen) atoms. The first kappa shape index (κ1) is 18.0. The number of likely N-dealkylation sites (tertiary alicyclic amines) is 1. The lowest BCUT2D eigenvalue weighted by Crippen LogP contribution is -2.50. The fraction of sp³-hybridized carbons (Fsp3) is 0.647. The number of piperidine rings is 1. The first-order chi connectivity index (χ1) is 10.7. The number of nitrogens with one attached hydrogen (secondary N) is 1. The van der Waals surface area contributed by atoms with Crippen LogP contribution in [0.5, 0.6) is 0 Å². The fourth-order valence-electron chi connectivity index (χ4n) is 2.85. The molecule has 1 aliphatic heterocycles. The van der Waals surface area contributed by atoms with Crippen LogP contribution in [0, 0.1) is 5.92 Å². The Bertz CT molecular complexity index is 545. The molecule has 1 saturated heterocycles. The van der Waals surface area contributed by atoms with Gasteiger partial charge in [-0.05, 0) is 50.8 Å². The van der Waals surface area contributed by atoms with Gasteiger partial charge in [0.2, 0.25) is 0 Å².